The van der Waals surface area contributed by atoms with Crippen LogP contribution in [-0.4, -0.2) is 44.1 Å². The van der Waals surface area contributed by atoms with Gasteiger partial charge in [-0.1, -0.05) is 119 Å². The van der Waals surface area contributed by atoms with Gasteiger partial charge in [0.15, 0.2) is 19.7 Å². The van der Waals surface area contributed by atoms with Crippen LogP contribution >= 0.6 is 46.4 Å². The van der Waals surface area contributed by atoms with Gasteiger partial charge in [0.2, 0.25) is 5.78 Å². The summed E-state index contributed by atoms with van der Waals surface area (Å²) < 4.78 is 55.9. The zero-order valence-electron chi connectivity index (χ0n) is 24.7. The molecule has 0 saturated heterocycles. The van der Waals surface area contributed by atoms with E-state index in [1.165, 1.54) is 24.3 Å². The van der Waals surface area contributed by atoms with E-state index in [0.717, 1.165) is 11.1 Å². The van der Waals surface area contributed by atoms with Crippen molar-refractivity contribution >= 4 is 106 Å². The predicted octanol–water partition coefficient (Wildman–Crippen LogP) is 9.47. The third-order valence-electron chi connectivity index (χ3n) is 7.54. The predicted molar refractivity (Wildman–Crippen MR) is 195 cm³/mol. The first kappa shape index (κ1) is 34.0. The van der Waals surface area contributed by atoms with Crippen molar-refractivity contribution in [2.45, 2.75) is 9.79 Å². The highest BCUT2D eigenvalue weighted by Crippen LogP contribution is 2.37. The molecule has 4 aromatic carbocycles. The molecule has 0 amide bonds. The molecular weight excluding hydrogens is 734 g/mol. The van der Waals surface area contributed by atoms with E-state index in [9.17, 15) is 21.6 Å². The van der Waals surface area contributed by atoms with Crippen molar-refractivity contribution in [2.75, 3.05) is 11.5 Å². The molecule has 6 rings (SSSR count). The number of hydrogen-bond donors (Lipinski definition) is 2. The van der Waals surface area contributed by atoms with Crippen molar-refractivity contribution in [3.05, 3.63) is 140 Å². The number of carbonyl (C=O) groups excluding carboxylic acids is 1. The van der Waals surface area contributed by atoms with E-state index in [2.05, 4.69) is 9.97 Å². The van der Waals surface area contributed by atoms with Crippen molar-refractivity contribution in [3.63, 3.8) is 0 Å². The van der Waals surface area contributed by atoms with Crippen LogP contribution < -0.4 is 0 Å². The minimum Gasteiger partial charge on any atom is -0.349 e. The fourth-order valence-corrected chi connectivity index (χ4v) is 8.99. The number of benzene rings is 4. The van der Waals surface area contributed by atoms with Gasteiger partial charge < -0.3 is 9.97 Å². The Kier molecular flexibility index (Phi) is 9.64. The summed E-state index contributed by atoms with van der Waals surface area (Å²) in [7, 11) is -8.38. The maximum absolute atomic E-state index is 14.5. The summed E-state index contributed by atoms with van der Waals surface area (Å²) in [6, 6.07) is 23.0. The Balaban J connectivity index is 1.46. The second-order valence-corrected chi connectivity index (χ2v) is 16.4. The van der Waals surface area contributed by atoms with Crippen molar-refractivity contribution in [3.8, 4) is 0 Å². The molecule has 244 valence electrons. The molecule has 7 nitrogen and oxygen atoms in total. The number of aromatic amines is 2. The molecule has 0 aliphatic carbocycles. The van der Waals surface area contributed by atoms with Gasteiger partial charge in [0.25, 0.3) is 0 Å². The quantitative estimate of drug-likeness (QED) is 0.135. The molecule has 2 aromatic heterocycles. The average molecular weight is 759 g/mol. The third kappa shape index (κ3) is 6.85. The van der Waals surface area contributed by atoms with Crippen LogP contribution in [0.15, 0.2) is 107 Å². The minimum absolute atomic E-state index is 0.180. The van der Waals surface area contributed by atoms with Crippen LogP contribution in [0.25, 0.3) is 34.0 Å². The topological polar surface area (TPSA) is 117 Å². The average Bonchev–Trinajstić information content (AvgIpc) is 3.65. The molecule has 0 aliphatic heterocycles. The molecule has 0 saturated carbocycles. The lowest BCUT2D eigenvalue weighted by molar-refractivity contribution is 0.102. The van der Waals surface area contributed by atoms with Gasteiger partial charge in [0.1, 0.15) is 21.2 Å². The van der Waals surface area contributed by atoms with E-state index in [4.69, 9.17) is 46.4 Å². The van der Waals surface area contributed by atoms with Gasteiger partial charge in [-0.05, 0) is 47.5 Å². The van der Waals surface area contributed by atoms with Crippen LogP contribution in [0, 0.1) is 0 Å². The van der Waals surface area contributed by atoms with Crippen LogP contribution in [0.2, 0.25) is 20.1 Å². The van der Waals surface area contributed by atoms with Crippen molar-refractivity contribution in [1.82, 2.24) is 9.97 Å². The molecule has 0 unspecified atom stereocenters. The summed E-state index contributed by atoms with van der Waals surface area (Å²) in [6.07, 6.45) is 6.17. The van der Waals surface area contributed by atoms with Crippen LogP contribution in [0.1, 0.15) is 27.3 Å². The Morgan fingerprint density at radius 1 is 0.562 bits per heavy atom. The second-order valence-electron chi connectivity index (χ2n) is 10.8. The van der Waals surface area contributed by atoms with E-state index < -0.39 is 37.0 Å². The number of H-pyrrole nitrogens is 2. The first-order chi connectivity index (χ1) is 22.9. The van der Waals surface area contributed by atoms with E-state index in [1.807, 2.05) is 0 Å². The van der Waals surface area contributed by atoms with E-state index in [0.29, 0.717) is 10.0 Å². The first-order valence-electron chi connectivity index (χ1n) is 14.3. The normalized spacial score (nSPS) is 12.6. The van der Waals surface area contributed by atoms with E-state index >= 15 is 0 Å². The molecule has 0 fully saturated rings. The number of halogens is 4. The number of fused-ring (bicyclic) bond motifs is 2. The molecule has 13 heteroatoms. The SMILES string of the molecule is O=C(c1[nH]c2c(Cl)cccc2c1S(=O)(=O)CC=Cc1ccc(Cl)cc1)c1[nH]c2c(Cl)cccc2c1S(=O)(=O)CC=Cc1ccc(Cl)cc1. The summed E-state index contributed by atoms with van der Waals surface area (Å²) in [6.45, 7) is 0. The molecule has 6 aromatic rings. The van der Waals surface area contributed by atoms with E-state index in [1.54, 1.807) is 84.9 Å². The Morgan fingerprint density at radius 3 is 1.31 bits per heavy atom. The second kappa shape index (κ2) is 13.6. The molecule has 0 radical (unpaired) electrons. The molecular formula is C35H24Cl4N2O5S2. The van der Waals surface area contributed by atoms with Crippen LogP contribution in [-0.2, 0) is 19.7 Å². The fraction of sp³-hybridized carbons (Fsp3) is 0.0571. The number of rotatable bonds is 10. The summed E-state index contributed by atoms with van der Waals surface area (Å²) >= 11 is 24.8. The summed E-state index contributed by atoms with van der Waals surface area (Å²) in [4.78, 5) is 19.6. The van der Waals surface area contributed by atoms with Crippen LogP contribution in [0.4, 0.5) is 0 Å². The Labute approximate surface area is 296 Å². The van der Waals surface area contributed by atoms with Gasteiger partial charge >= 0.3 is 0 Å². The standard InChI is InChI=1S/C35H24Cl4N2O5S2/c36-23-15-11-21(12-16-23)5-3-19-47(43,44)34-25-7-1-9-27(38)29(25)40-31(34)33(42)32-35(26-8-2-10-28(39)30(26)41-32)48(45,46)20-4-6-22-13-17-24(37)18-14-22/h1-18,40-41H,19-20H2. The van der Waals surface area contributed by atoms with Gasteiger partial charge in [0.05, 0.1) is 32.6 Å². The minimum atomic E-state index is -4.19. The van der Waals surface area contributed by atoms with Crippen molar-refractivity contribution in [1.29, 1.82) is 0 Å². The van der Waals surface area contributed by atoms with Crippen molar-refractivity contribution < 1.29 is 21.6 Å². The number of carbonyl (C=O) groups is 1. The smallest absolute Gasteiger partial charge is 0.228 e. The highest BCUT2D eigenvalue weighted by molar-refractivity contribution is 7.92. The van der Waals surface area contributed by atoms with Gasteiger partial charge in [-0.15, -0.1) is 0 Å². The number of hydrogen-bond acceptors (Lipinski definition) is 5. The zero-order valence-corrected chi connectivity index (χ0v) is 29.3. The lowest BCUT2D eigenvalue weighted by Crippen LogP contribution is -2.15. The number of ketones is 1. The summed E-state index contributed by atoms with van der Waals surface area (Å²) in [5.74, 6) is -1.82. The molecule has 0 bridgehead atoms. The Hall–Kier alpha value is -3.83. The van der Waals surface area contributed by atoms with Gasteiger partial charge in [-0.3, -0.25) is 4.79 Å². The summed E-state index contributed by atoms with van der Waals surface area (Å²) in [5, 5.41) is 1.82. The lowest BCUT2D eigenvalue weighted by atomic mass is 10.2. The summed E-state index contributed by atoms with van der Waals surface area (Å²) in [5.41, 5.74) is 1.20. The molecule has 0 atom stereocenters. The van der Waals surface area contributed by atoms with Crippen LogP contribution in [0.5, 0.6) is 0 Å². The number of para-hydroxylation sites is 2. The maximum Gasteiger partial charge on any atom is 0.228 e. The fourth-order valence-electron chi connectivity index (χ4n) is 5.34. The molecule has 2 N–H and O–H groups in total. The Bertz CT molecular complexity index is 2310. The molecule has 0 spiro atoms. The van der Waals surface area contributed by atoms with Gasteiger partial charge in [-0.25, -0.2) is 16.8 Å². The highest BCUT2D eigenvalue weighted by Gasteiger charge is 2.34. The third-order valence-corrected chi connectivity index (χ3v) is 12.0. The number of sulfone groups is 2. The van der Waals surface area contributed by atoms with Gasteiger partial charge in [-0.2, -0.15) is 0 Å². The van der Waals surface area contributed by atoms with Crippen LogP contribution in [0.3, 0.4) is 0 Å². The largest absolute Gasteiger partial charge is 0.349 e. The maximum atomic E-state index is 14.5. The first-order valence-corrected chi connectivity index (χ1v) is 19.1. The zero-order chi connectivity index (χ0) is 34.2. The molecule has 0 aliphatic rings. The highest BCUT2D eigenvalue weighted by atomic mass is 35.5. The Morgan fingerprint density at radius 2 is 0.938 bits per heavy atom. The van der Waals surface area contributed by atoms with Crippen molar-refractivity contribution in [2.24, 2.45) is 0 Å². The molecule has 2 heterocycles. The monoisotopic (exact) mass is 756 g/mol. The van der Waals surface area contributed by atoms with E-state index in [-0.39, 0.29) is 53.0 Å². The number of aromatic nitrogens is 2. The van der Waals surface area contributed by atoms with Gasteiger partial charge in [0, 0.05) is 20.8 Å². The lowest BCUT2D eigenvalue weighted by Gasteiger charge is -2.07. The molecule has 48 heavy (non-hydrogen) atoms. The number of nitrogens with one attached hydrogen (secondary N) is 2.